The minimum absolute atomic E-state index is 0.0302. The van der Waals surface area contributed by atoms with E-state index in [0.717, 1.165) is 11.1 Å². The van der Waals surface area contributed by atoms with Crippen molar-refractivity contribution in [1.82, 2.24) is 4.90 Å². The van der Waals surface area contributed by atoms with Gasteiger partial charge in [0, 0.05) is 13.1 Å². The molecule has 0 saturated carbocycles. The highest BCUT2D eigenvalue weighted by atomic mass is 35.5. The van der Waals surface area contributed by atoms with Crippen LogP contribution in [0.3, 0.4) is 0 Å². The molecule has 0 aromatic heterocycles. The van der Waals surface area contributed by atoms with Crippen LogP contribution in [0.1, 0.15) is 21.5 Å². The second kappa shape index (κ2) is 6.80. The SMILES string of the molecule is COc1cc2c(c(OC)c1OC)C(=O)N(Cc1ccc(F)c(Cl)c1)C2. The first-order valence-electron chi connectivity index (χ1n) is 7.55. The summed E-state index contributed by atoms with van der Waals surface area (Å²) in [6.07, 6.45) is 0. The Labute approximate surface area is 149 Å². The minimum Gasteiger partial charge on any atom is -0.493 e. The Morgan fingerprint density at radius 2 is 1.84 bits per heavy atom. The van der Waals surface area contributed by atoms with E-state index in [4.69, 9.17) is 25.8 Å². The van der Waals surface area contributed by atoms with Crippen LogP contribution in [0.2, 0.25) is 5.02 Å². The van der Waals surface area contributed by atoms with Gasteiger partial charge in [0.15, 0.2) is 11.5 Å². The van der Waals surface area contributed by atoms with E-state index in [-0.39, 0.29) is 10.9 Å². The van der Waals surface area contributed by atoms with Crippen molar-refractivity contribution in [3.05, 3.63) is 51.8 Å². The Morgan fingerprint density at radius 1 is 1.12 bits per heavy atom. The fourth-order valence-corrected chi connectivity index (χ4v) is 3.19. The number of carbonyl (C=O) groups is 1. The number of halogens is 2. The van der Waals surface area contributed by atoms with Gasteiger partial charge in [0.25, 0.3) is 5.91 Å². The van der Waals surface area contributed by atoms with E-state index < -0.39 is 5.82 Å². The van der Waals surface area contributed by atoms with Crippen LogP contribution < -0.4 is 14.2 Å². The highest BCUT2D eigenvalue weighted by molar-refractivity contribution is 6.30. The first kappa shape index (κ1) is 17.4. The molecule has 1 heterocycles. The number of ether oxygens (including phenoxy) is 3. The molecule has 0 saturated heterocycles. The van der Waals surface area contributed by atoms with Crippen molar-refractivity contribution < 1.29 is 23.4 Å². The molecule has 7 heteroatoms. The summed E-state index contributed by atoms with van der Waals surface area (Å²) in [4.78, 5) is 14.5. The van der Waals surface area contributed by atoms with Crippen LogP contribution in [0.25, 0.3) is 0 Å². The third kappa shape index (κ3) is 2.98. The van der Waals surface area contributed by atoms with E-state index in [1.165, 1.54) is 33.5 Å². The van der Waals surface area contributed by atoms with Crippen LogP contribution in [0, 0.1) is 5.82 Å². The van der Waals surface area contributed by atoms with Gasteiger partial charge in [-0.15, -0.1) is 0 Å². The van der Waals surface area contributed by atoms with Crippen molar-refractivity contribution in [2.75, 3.05) is 21.3 Å². The fraction of sp³-hybridized carbons (Fsp3) is 0.278. The maximum atomic E-state index is 13.3. The largest absolute Gasteiger partial charge is 0.493 e. The fourth-order valence-electron chi connectivity index (χ4n) is 2.99. The molecule has 0 fully saturated rings. The van der Waals surface area contributed by atoms with E-state index in [1.54, 1.807) is 17.0 Å². The van der Waals surface area contributed by atoms with E-state index in [1.807, 2.05) is 0 Å². The molecule has 0 atom stereocenters. The number of amides is 1. The van der Waals surface area contributed by atoms with Gasteiger partial charge in [-0.2, -0.15) is 0 Å². The molecule has 2 aromatic rings. The molecule has 132 valence electrons. The number of hydrogen-bond acceptors (Lipinski definition) is 4. The smallest absolute Gasteiger partial charge is 0.258 e. The highest BCUT2D eigenvalue weighted by Crippen LogP contribution is 2.45. The van der Waals surface area contributed by atoms with Crippen molar-refractivity contribution in [1.29, 1.82) is 0 Å². The number of benzene rings is 2. The van der Waals surface area contributed by atoms with Crippen molar-refractivity contribution in [3.63, 3.8) is 0 Å². The van der Waals surface area contributed by atoms with E-state index in [2.05, 4.69) is 0 Å². The lowest BCUT2D eigenvalue weighted by atomic mass is 10.1. The van der Waals surface area contributed by atoms with Crippen LogP contribution >= 0.6 is 11.6 Å². The summed E-state index contributed by atoms with van der Waals surface area (Å²) < 4.78 is 29.4. The lowest BCUT2D eigenvalue weighted by Gasteiger charge is -2.16. The molecule has 0 N–H and O–H groups in total. The molecular weight excluding hydrogens is 349 g/mol. The van der Waals surface area contributed by atoms with Gasteiger partial charge >= 0.3 is 0 Å². The van der Waals surface area contributed by atoms with Gasteiger partial charge in [-0.3, -0.25) is 4.79 Å². The number of fused-ring (bicyclic) bond motifs is 1. The van der Waals surface area contributed by atoms with Crippen LogP contribution in [0.15, 0.2) is 24.3 Å². The topological polar surface area (TPSA) is 48.0 Å². The van der Waals surface area contributed by atoms with Gasteiger partial charge in [0.05, 0.1) is 31.9 Å². The average molecular weight is 366 g/mol. The van der Waals surface area contributed by atoms with Crippen molar-refractivity contribution >= 4 is 17.5 Å². The number of rotatable bonds is 5. The van der Waals surface area contributed by atoms with Gasteiger partial charge in [-0.1, -0.05) is 17.7 Å². The minimum atomic E-state index is -0.488. The number of hydrogen-bond donors (Lipinski definition) is 0. The Kier molecular flexibility index (Phi) is 4.72. The lowest BCUT2D eigenvalue weighted by Crippen LogP contribution is -2.23. The Bertz CT molecular complexity index is 840. The second-order valence-electron chi connectivity index (χ2n) is 5.59. The molecule has 5 nitrogen and oxygen atoms in total. The van der Waals surface area contributed by atoms with Crippen LogP contribution in [0.4, 0.5) is 4.39 Å². The van der Waals surface area contributed by atoms with Crippen molar-refractivity contribution in [2.24, 2.45) is 0 Å². The summed E-state index contributed by atoms with van der Waals surface area (Å²) in [5.74, 6) is 0.550. The van der Waals surface area contributed by atoms with Crippen molar-refractivity contribution in [2.45, 2.75) is 13.1 Å². The molecule has 1 aliphatic heterocycles. The quantitative estimate of drug-likeness (QED) is 0.811. The third-order valence-electron chi connectivity index (χ3n) is 4.13. The number of nitrogens with zero attached hydrogens (tertiary/aromatic N) is 1. The summed E-state index contributed by atoms with van der Waals surface area (Å²) in [7, 11) is 4.50. The molecule has 25 heavy (non-hydrogen) atoms. The first-order chi connectivity index (χ1) is 12.0. The standard InChI is InChI=1S/C18H17ClFNO4/c1-23-14-7-11-9-21(8-10-4-5-13(20)12(19)6-10)18(22)15(11)17(25-3)16(14)24-2/h4-7H,8-9H2,1-3H3. The molecule has 0 radical (unpaired) electrons. The maximum absolute atomic E-state index is 13.3. The Hall–Kier alpha value is -2.47. The molecular formula is C18H17ClFNO4. The molecule has 3 rings (SSSR count). The zero-order valence-electron chi connectivity index (χ0n) is 14.1. The summed E-state index contributed by atoms with van der Waals surface area (Å²) in [6, 6.07) is 6.19. The molecule has 1 amide bonds. The Morgan fingerprint density at radius 3 is 2.44 bits per heavy atom. The van der Waals surface area contributed by atoms with Gasteiger partial charge in [0.1, 0.15) is 5.82 Å². The maximum Gasteiger partial charge on any atom is 0.258 e. The predicted octanol–water partition coefficient (Wildman–Crippen LogP) is 3.66. The Balaban J connectivity index is 1.96. The van der Waals surface area contributed by atoms with Crippen LogP contribution in [-0.2, 0) is 13.1 Å². The zero-order chi connectivity index (χ0) is 18.1. The molecule has 1 aliphatic rings. The summed E-state index contributed by atoms with van der Waals surface area (Å²) >= 11 is 5.82. The normalized spacial score (nSPS) is 13.0. The second-order valence-corrected chi connectivity index (χ2v) is 6.00. The summed E-state index contributed by atoms with van der Waals surface area (Å²) in [5.41, 5.74) is 1.98. The molecule has 0 bridgehead atoms. The molecule has 0 spiro atoms. The number of carbonyl (C=O) groups excluding carboxylic acids is 1. The van der Waals surface area contributed by atoms with Gasteiger partial charge in [-0.25, -0.2) is 4.39 Å². The molecule has 0 unspecified atom stereocenters. The monoisotopic (exact) mass is 365 g/mol. The summed E-state index contributed by atoms with van der Waals surface area (Å²) in [5, 5.41) is 0.0302. The van der Waals surface area contributed by atoms with Crippen LogP contribution in [0.5, 0.6) is 17.2 Å². The van der Waals surface area contributed by atoms with Crippen LogP contribution in [-0.4, -0.2) is 32.1 Å². The van der Waals surface area contributed by atoms with Gasteiger partial charge < -0.3 is 19.1 Å². The van der Waals surface area contributed by atoms with Crippen molar-refractivity contribution in [3.8, 4) is 17.2 Å². The van der Waals surface area contributed by atoms with Gasteiger partial charge in [0.2, 0.25) is 5.75 Å². The predicted molar refractivity (Wildman–Crippen MR) is 91.1 cm³/mol. The molecule has 0 aliphatic carbocycles. The zero-order valence-corrected chi connectivity index (χ0v) is 14.8. The van der Waals surface area contributed by atoms with E-state index in [0.29, 0.717) is 35.9 Å². The summed E-state index contributed by atoms with van der Waals surface area (Å²) in [6.45, 7) is 0.696. The lowest BCUT2D eigenvalue weighted by molar-refractivity contribution is 0.0764. The van der Waals surface area contributed by atoms with Gasteiger partial charge in [-0.05, 0) is 29.3 Å². The number of methoxy groups -OCH3 is 3. The first-order valence-corrected chi connectivity index (χ1v) is 7.93. The van der Waals surface area contributed by atoms with E-state index in [9.17, 15) is 9.18 Å². The highest BCUT2D eigenvalue weighted by Gasteiger charge is 2.34. The molecule has 2 aromatic carbocycles. The average Bonchev–Trinajstić information content (AvgIpc) is 2.92. The third-order valence-corrected chi connectivity index (χ3v) is 4.42. The van der Waals surface area contributed by atoms with E-state index >= 15 is 0 Å².